The molecule has 0 saturated carbocycles. The molecule has 6 nitrogen and oxygen atoms in total. The number of aliphatic hydroxyl groups is 1. The Bertz CT molecular complexity index is 918. The third-order valence-corrected chi connectivity index (χ3v) is 12.3. The van der Waals surface area contributed by atoms with Gasteiger partial charge in [0.1, 0.15) is 17.8 Å². The monoisotopic (exact) mass is 530 g/mol. The molecule has 0 aromatic rings. The van der Waals surface area contributed by atoms with E-state index in [1.165, 1.54) is 0 Å². The Morgan fingerprint density at radius 2 is 1.81 bits per heavy atom. The van der Waals surface area contributed by atoms with Crippen LogP contribution in [0.2, 0.25) is 18.1 Å². The molecule has 2 saturated heterocycles. The Morgan fingerprint density at radius 3 is 2.38 bits per heavy atom. The summed E-state index contributed by atoms with van der Waals surface area (Å²) in [5.74, 6) is 9.03. The molecule has 2 heterocycles. The number of rotatable bonds is 8. The van der Waals surface area contributed by atoms with Gasteiger partial charge < -0.3 is 28.5 Å². The summed E-state index contributed by atoms with van der Waals surface area (Å²) >= 11 is 0. The van der Waals surface area contributed by atoms with E-state index in [0.717, 1.165) is 50.7 Å². The molecule has 3 unspecified atom stereocenters. The van der Waals surface area contributed by atoms with Crippen molar-refractivity contribution in [3.63, 3.8) is 0 Å². The molecular weight excluding hydrogens is 484 g/mol. The van der Waals surface area contributed by atoms with E-state index >= 15 is 0 Å². The van der Waals surface area contributed by atoms with Crippen LogP contribution in [-0.4, -0.2) is 63.6 Å². The third kappa shape index (κ3) is 8.04. The molecule has 0 amide bonds. The maximum atomic E-state index is 12.0. The lowest BCUT2D eigenvalue weighted by atomic mass is 9.89. The molecule has 0 aromatic heterocycles. The van der Waals surface area contributed by atoms with Crippen LogP contribution in [0, 0.1) is 24.2 Å². The van der Waals surface area contributed by atoms with E-state index in [4.69, 9.17) is 29.8 Å². The summed E-state index contributed by atoms with van der Waals surface area (Å²) in [6, 6.07) is 0. The van der Waals surface area contributed by atoms with Crippen LogP contribution >= 0.6 is 0 Å². The summed E-state index contributed by atoms with van der Waals surface area (Å²) in [5, 5.41) is 12.0. The maximum absolute atomic E-state index is 12.0. The second-order valence-corrected chi connectivity index (χ2v) is 16.6. The second-order valence-electron chi connectivity index (χ2n) is 11.8. The molecule has 5 atom stereocenters. The fourth-order valence-corrected chi connectivity index (χ4v) is 5.74. The minimum Gasteiger partial charge on any atom is -0.408 e. The molecule has 0 aromatic carbocycles. The van der Waals surface area contributed by atoms with Crippen LogP contribution in [0.25, 0.3) is 0 Å². The SMILES string of the molecule is C#CCC1(O)C(C#C/C(C)=C\COC2CCCCO2)=C[C@@H](OC2CCCCO2)[C@@H]1O[Si](C)(C)C(C)(C)C. The van der Waals surface area contributed by atoms with Crippen LogP contribution < -0.4 is 0 Å². The van der Waals surface area contributed by atoms with Crippen molar-refractivity contribution in [2.45, 2.75) is 121 Å². The number of hydrogen-bond acceptors (Lipinski definition) is 6. The normalized spacial score (nSPS) is 31.3. The minimum absolute atomic E-state index is 0.0499. The lowest BCUT2D eigenvalue weighted by molar-refractivity contribution is -0.203. The average molecular weight is 531 g/mol. The molecule has 2 aliphatic heterocycles. The van der Waals surface area contributed by atoms with Crippen molar-refractivity contribution in [3.8, 4) is 24.2 Å². The van der Waals surface area contributed by atoms with E-state index in [1.807, 2.05) is 19.1 Å². The first-order valence-corrected chi connectivity index (χ1v) is 16.6. The Morgan fingerprint density at radius 1 is 1.16 bits per heavy atom. The van der Waals surface area contributed by atoms with Gasteiger partial charge in [0.2, 0.25) is 0 Å². The van der Waals surface area contributed by atoms with Crippen LogP contribution in [0.4, 0.5) is 0 Å². The van der Waals surface area contributed by atoms with Gasteiger partial charge >= 0.3 is 0 Å². The van der Waals surface area contributed by atoms with Crippen molar-refractivity contribution in [2.24, 2.45) is 0 Å². The molecule has 3 rings (SSSR count). The Balaban J connectivity index is 1.82. The number of ether oxygens (including phenoxy) is 4. The summed E-state index contributed by atoms with van der Waals surface area (Å²) in [6.45, 7) is 14.7. The van der Waals surface area contributed by atoms with Gasteiger partial charge in [-0.2, -0.15) is 0 Å². The summed E-state index contributed by atoms with van der Waals surface area (Å²) in [6.07, 6.45) is 14.1. The zero-order chi connectivity index (χ0) is 27.1. The Kier molecular flexibility index (Phi) is 10.7. The van der Waals surface area contributed by atoms with Crippen LogP contribution in [0.5, 0.6) is 0 Å². The Labute approximate surface area is 225 Å². The van der Waals surface area contributed by atoms with Gasteiger partial charge in [0, 0.05) is 25.2 Å². The highest BCUT2D eigenvalue weighted by Crippen LogP contribution is 2.44. The van der Waals surface area contributed by atoms with Crippen LogP contribution in [0.3, 0.4) is 0 Å². The first-order chi connectivity index (χ1) is 17.5. The van der Waals surface area contributed by atoms with E-state index in [-0.39, 0.29) is 24.0 Å². The molecule has 1 aliphatic carbocycles. The molecular formula is C30H46O6Si. The number of terminal acetylenes is 1. The van der Waals surface area contributed by atoms with Crippen LogP contribution in [0.15, 0.2) is 23.3 Å². The van der Waals surface area contributed by atoms with E-state index < -0.39 is 26.1 Å². The molecule has 3 aliphatic rings. The lowest BCUT2D eigenvalue weighted by Gasteiger charge is -2.44. The van der Waals surface area contributed by atoms with Crippen molar-refractivity contribution >= 4 is 8.32 Å². The lowest BCUT2D eigenvalue weighted by Crippen LogP contribution is -2.55. The minimum atomic E-state index is -2.27. The highest BCUT2D eigenvalue weighted by atomic mass is 28.4. The Hall–Kier alpha value is -1.42. The summed E-state index contributed by atoms with van der Waals surface area (Å²) < 4.78 is 30.5. The van der Waals surface area contributed by atoms with Crippen LogP contribution in [-0.2, 0) is 23.4 Å². The number of allylic oxidation sites excluding steroid dienone is 1. The molecule has 2 fully saturated rings. The number of hydrogen-bond donors (Lipinski definition) is 1. The predicted molar refractivity (Wildman–Crippen MR) is 148 cm³/mol. The van der Waals surface area contributed by atoms with Gasteiger partial charge in [0.15, 0.2) is 20.9 Å². The smallest absolute Gasteiger partial charge is 0.192 e. The first kappa shape index (κ1) is 30.1. The molecule has 0 radical (unpaired) electrons. The van der Waals surface area contributed by atoms with Gasteiger partial charge in [-0.15, -0.1) is 12.3 Å². The van der Waals surface area contributed by atoms with E-state index in [2.05, 4.69) is 51.6 Å². The highest BCUT2D eigenvalue weighted by molar-refractivity contribution is 6.74. The van der Waals surface area contributed by atoms with Gasteiger partial charge in [-0.1, -0.05) is 32.6 Å². The maximum Gasteiger partial charge on any atom is 0.192 e. The molecule has 206 valence electrons. The predicted octanol–water partition coefficient (Wildman–Crippen LogP) is 5.48. The molecule has 1 N–H and O–H groups in total. The zero-order valence-electron chi connectivity index (χ0n) is 23.6. The van der Waals surface area contributed by atoms with Gasteiger partial charge in [-0.05, 0) is 81.3 Å². The fourth-order valence-electron chi connectivity index (χ4n) is 4.43. The average Bonchev–Trinajstić information content (AvgIpc) is 3.08. The van der Waals surface area contributed by atoms with E-state index in [9.17, 15) is 5.11 Å². The molecule has 0 spiro atoms. The van der Waals surface area contributed by atoms with Crippen molar-refractivity contribution in [1.82, 2.24) is 0 Å². The van der Waals surface area contributed by atoms with Gasteiger partial charge in [0.05, 0.1) is 6.61 Å². The van der Waals surface area contributed by atoms with Crippen molar-refractivity contribution in [1.29, 1.82) is 0 Å². The van der Waals surface area contributed by atoms with E-state index in [0.29, 0.717) is 18.8 Å². The van der Waals surface area contributed by atoms with Crippen molar-refractivity contribution in [2.75, 3.05) is 19.8 Å². The van der Waals surface area contributed by atoms with Crippen molar-refractivity contribution < 1.29 is 28.5 Å². The highest BCUT2D eigenvalue weighted by Gasteiger charge is 2.54. The second kappa shape index (κ2) is 13.1. The van der Waals surface area contributed by atoms with Crippen molar-refractivity contribution in [3.05, 3.63) is 23.3 Å². The topological polar surface area (TPSA) is 66.4 Å². The first-order valence-electron chi connectivity index (χ1n) is 13.7. The third-order valence-electron chi connectivity index (χ3n) is 7.82. The van der Waals surface area contributed by atoms with Crippen LogP contribution in [0.1, 0.15) is 72.6 Å². The molecule has 7 heteroatoms. The molecule has 0 bridgehead atoms. The zero-order valence-corrected chi connectivity index (χ0v) is 24.6. The van der Waals surface area contributed by atoms with Gasteiger partial charge in [0.25, 0.3) is 0 Å². The summed E-state index contributed by atoms with van der Waals surface area (Å²) in [4.78, 5) is 0. The molecule has 37 heavy (non-hydrogen) atoms. The van der Waals surface area contributed by atoms with Gasteiger partial charge in [-0.3, -0.25) is 0 Å². The standard InChI is InChI=1S/C30H46O6Si/c1-8-18-30(31)24(16-15-23(2)17-21-34-26-13-9-11-19-32-26)22-25(35-27-14-10-12-20-33-27)28(30)36-37(6,7)29(3,4)5/h1,17,22,25-28,31H,9-14,18-21H2,2-7H3/b23-17-/t25-,26?,27?,28+,30?/m1/s1. The van der Waals surface area contributed by atoms with E-state index in [1.54, 1.807) is 0 Å². The van der Waals surface area contributed by atoms with Gasteiger partial charge in [-0.25, -0.2) is 0 Å². The fraction of sp³-hybridized carbons (Fsp3) is 0.733. The summed E-state index contributed by atoms with van der Waals surface area (Å²) in [5.41, 5.74) is -0.0515. The summed E-state index contributed by atoms with van der Waals surface area (Å²) in [7, 11) is -2.27. The largest absolute Gasteiger partial charge is 0.408 e. The quantitative estimate of drug-likeness (QED) is 0.331.